The first-order valence-corrected chi connectivity index (χ1v) is 8.28. The van der Waals surface area contributed by atoms with Gasteiger partial charge in [0.05, 0.1) is 34.4 Å². The summed E-state index contributed by atoms with van der Waals surface area (Å²) in [5, 5.41) is 0. The summed E-state index contributed by atoms with van der Waals surface area (Å²) >= 11 is 0. The van der Waals surface area contributed by atoms with Crippen LogP contribution in [0.25, 0.3) is 0 Å². The van der Waals surface area contributed by atoms with Crippen LogP contribution in [0.5, 0.6) is 11.5 Å². The summed E-state index contributed by atoms with van der Waals surface area (Å²) < 4.78 is 21.2. The summed E-state index contributed by atoms with van der Waals surface area (Å²) in [4.78, 5) is 14.2. The number of benzene rings is 1. The van der Waals surface area contributed by atoms with Gasteiger partial charge in [0, 0.05) is 25.7 Å². The number of methoxy groups -OCH3 is 3. The lowest BCUT2D eigenvalue weighted by Crippen LogP contribution is -2.39. The van der Waals surface area contributed by atoms with Gasteiger partial charge in [0.1, 0.15) is 0 Å². The van der Waals surface area contributed by atoms with E-state index in [9.17, 15) is 4.79 Å². The Labute approximate surface area is 143 Å². The lowest BCUT2D eigenvalue weighted by Gasteiger charge is -2.37. The van der Waals surface area contributed by atoms with Crippen LogP contribution < -0.4 is 9.47 Å². The molecule has 1 aromatic rings. The molecule has 0 aromatic heterocycles. The molecular weight excluding hydrogens is 310 g/mol. The lowest BCUT2D eigenvalue weighted by atomic mass is 9.90. The highest BCUT2D eigenvalue weighted by molar-refractivity contribution is 5.70. The van der Waals surface area contributed by atoms with Crippen molar-refractivity contribution in [2.75, 3.05) is 47.6 Å². The van der Waals surface area contributed by atoms with Gasteiger partial charge in [-0.25, -0.2) is 0 Å². The van der Waals surface area contributed by atoms with Gasteiger partial charge in [-0.2, -0.15) is 0 Å². The fourth-order valence-electron chi connectivity index (χ4n) is 3.15. The summed E-state index contributed by atoms with van der Waals surface area (Å²) in [5.41, 5.74) is 2.29. The van der Waals surface area contributed by atoms with Crippen molar-refractivity contribution in [1.82, 2.24) is 4.90 Å². The normalized spacial score (nSPS) is 17.2. The first-order chi connectivity index (χ1) is 11.6. The van der Waals surface area contributed by atoms with Crippen molar-refractivity contribution in [3.63, 3.8) is 0 Å². The smallest absolute Gasteiger partial charge is 0.307 e. The van der Waals surface area contributed by atoms with Crippen molar-refractivity contribution < 1.29 is 23.7 Å². The third-order valence-corrected chi connectivity index (χ3v) is 4.43. The molecule has 24 heavy (non-hydrogen) atoms. The molecule has 0 saturated carbocycles. The molecule has 6 heteroatoms. The van der Waals surface area contributed by atoms with Crippen LogP contribution in [0.3, 0.4) is 0 Å². The predicted molar refractivity (Wildman–Crippen MR) is 90.7 cm³/mol. The predicted octanol–water partition coefficient (Wildman–Crippen LogP) is 2.20. The Morgan fingerprint density at radius 3 is 2.54 bits per heavy atom. The minimum Gasteiger partial charge on any atom is -0.493 e. The Kier molecular flexibility index (Phi) is 6.87. The molecule has 1 heterocycles. The monoisotopic (exact) mass is 337 g/mol. The molecule has 1 unspecified atom stereocenters. The molecule has 0 bridgehead atoms. The average molecular weight is 337 g/mol. The van der Waals surface area contributed by atoms with E-state index in [4.69, 9.17) is 18.9 Å². The van der Waals surface area contributed by atoms with Crippen LogP contribution in [-0.4, -0.2) is 58.5 Å². The number of hydrogen-bond donors (Lipinski definition) is 0. The minimum atomic E-state index is -0.218. The highest BCUT2D eigenvalue weighted by Crippen LogP contribution is 2.39. The molecule has 134 valence electrons. The fraction of sp³-hybridized carbons (Fsp3) is 0.611. The standard InChI is InChI=1S/C18H27NO5/c1-5-24-9-8-19-7-6-13-10-16(21-2)17(22-3)11-14(13)15(19)12-18(20)23-4/h10-11,15H,5-9,12H2,1-4H3. The van der Waals surface area contributed by atoms with Crippen LogP contribution in [-0.2, 0) is 20.7 Å². The number of ether oxygens (including phenoxy) is 4. The van der Waals surface area contributed by atoms with Crippen molar-refractivity contribution in [2.45, 2.75) is 25.8 Å². The van der Waals surface area contributed by atoms with Gasteiger partial charge in [-0.05, 0) is 36.6 Å². The molecule has 1 atom stereocenters. The molecule has 0 aliphatic carbocycles. The zero-order valence-electron chi connectivity index (χ0n) is 15.0. The van der Waals surface area contributed by atoms with Gasteiger partial charge in [-0.1, -0.05) is 0 Å². The Morgan fingerprint density at radius 1 is 1.21 bits per heavy atom. The van der Waals surface area contributed by atoms with Gasteiger partial charge in [-0.15, -0.1) is 0 Å². The van der Waals surface area contributed by atoms with E-state index in [-0.39, 0.29) is 12.0 Å². The third-order valence-electron chi connectivity index (χ3n) is 4.43. The van der Waals surface area contributed by atoms with E-state index >= 15 is 0 Å². The Hall–Kier alpha value is -1.79. The maximum absolute atomic E-state index is 11.9. The van der Waals surface area contributed by atoms with E-state index in [1.165, 1.54) is 12.7 Å². The van der Waals surface area contributed by atoms with E-state index in [2.05, 4.69) is 4.90 Å². The third kappa shape index (κ3) is 4.19. The number of hydrogen-bond acceptors (Lipinski definition) is 6. The van der Waals surface area contributed by atoms with Gasteiger partial charge in [0.25, 0.3) is 0 Å². The topological polar surface area (TPSA) is 57.2 Å². The number of carbonyl (C=O) groups excluding carboxylic acids is 1. The SMILES string of the molecule is CCOCCN1CCc2cc(OC)c(OC)cc2C1CC(=O)OC. The van der Waals surface area contributed by atoms with Crippen molar-refractivity contribution >= 4 is 5.97 Å². The quantitative estimate of drug-likeness (QED) is 0.535. The van der Waals surface area contributed by atoms with Crippen molar-refractivity contribution in [3.8, 4) is 11.5 Å². The zero-order chi connectivity index (χ0) is 17.5. The second-order valence-corrected chi connectivity index (χ2v) is 5.68. The molecule has 0 amide bonds. The number of fused-ring (bicyclic) bond motifs is 1. The number of carbonyl (C=O) groups is 1. The van der Waals surface area contributed by atoms with Gasteiger partial charge in [0.15, 0.2) is 11.5 Å². The van der Waals surface area contributed by atoms with Crippen LogP contribution >= 0.6 is 0 Å². The van der Waals surface area contributed by atoms with E-state index < -0.39 is 0 Å². The fourth-order valence-corrected chi connectivity index (χ4v) is 3.15. The molecule has 0 spiro atoms. The van der Waals surface area contributed by atoms with Crippen LogP contribution in [0, 0.1) is 0 Å². The highest BCUT2D eigenvalue weighted by Gasteiger charge is 2.30. The molecule has 0 radical (unpaired) electrons. The summed E-state index contributed by atoms with van der Waals surface area (Å²) in [6, 6.07) is 3.95. The van der Waals surface area contributed by atoms with Gasteiger partial charge in [0.2, 0.25) is 0 Å². The summed E-state index contributed by atoms with van der Waals surface area (Å²) in [6.07, 6.45) is 1.21. The molecule has 1 aromatic carbocycles. The lowest BCUT2D eigenvalue weighted by molar-refractivity contribution is -0.142. The second-order valence-electron chi connectivity index (χ2n) is 5.68. The minimum absolute atomic E-state index is 0.0403. The molecule has 1 aliphatic heterocycles. The average Bonchev–Trinajstić information content (AvgIpc) is 2.62. The number of nitrogens with zero attached hydrogens (tertiary/aromatic N) is 1. The van der Waals surface area contributed by atoms with Crippen LogP contribution in [0.1, 0.15) is 30.5 Å². The molecular formula is C18H27NO5. The molecule has 1 aliphatic rings. The van der Waals surface area contributed by atoms with E-state index in [0.29, 0.717) is 25.4 Å². The Bertz CT molecular complexity index is 561. The zero-order valence-corrected chi connectivity index (χ0v) is 15.0. The van der Waals surface area contributed by atoms with Gasteiger partial charge >= 0.3 is 5.97 Å². The van der Waals surface area contributed by atoms with Crippen molar-refractivity contribution in [3.05, 3.63) is 23.3 Å². The molecule has 6 nitrogen and oxygen atoms in total. The first kappa shape index (κ1) is 18.5. The second kappa shape index (κ2) is 8.89. The van der Waals surface area contributed by atoms with Crippen LogP contribution in [0.4, 0.5) is 0 Å². The maximum Gasteiger partial charge on any atom is 0.307 e. The molecule has 0 saturated heterocycles. The summed E-state index contributed by atoms with van der Waals surface area (Å²) in [7, 11) is 4.67. The number of esters is 1. The maximum atomic E-state index is 11.9. The molecule has 0 fully saturated rings. The summed E-state index contributed by atoms with van der Waals surface area (Å²) in [5.74, 6) is 1.18. The van der Waals surface area contributed by atoms with Crippen LogP contribution in [0.15, 0.2) is 12.1 Å². The largest absolute Gasteiger partial charge is 0.493 e. The molecule has 0 N–H and O–H groups in total. The van der Waals surface area contributed by atoms with Crippen LogP contribution in [0.2, 0.25) is 0 Å². The van der Waals surface area contributed by atoms with Crippen molar-refractivity contribution in [1.29, 1.82) is 0 Å². The Balaban J connectivity index is 2.32. The summed E-state index contributed by atoms with van der Waals surface area (Å²) in [6.45, 7) is 4.98. The first-order valence-electron chi connectivity index (χ1n) is 8.28. The van der Waals surface area contributed by atoms with Gasteiger partial charge < -0.3 is 18.9 Å². The Morgan fingerprint density at radius 2 is 1.92 bits per heavy atom. The van der Waals surface area contributed by atoms with E-state index in [1.54, 1.807) is 14.2 Å². The van der Waals surface area contributed by atoms with Gasteiger partial charge in [-0.3, -0.25) is 9.69 Å². The number of rotatable bonds is 8. The van der Waals surface area contributed by atoms with E-state index in [0.717, 1.165) is 30.8 Å². The van der Waals surface area contributed by atoms with Crippen molar-refractivity contribution in [2.24, 2.45) is 0 Å². The molecule has 2 rings (SSSR count). The van der Waals surface area contributed by atoms with E-state index in [1.807, 2.05) is 19.1 Å². The highest BCUT2D eigenvalue weighted by atomic mass is 16.5.